The third kappa shape index (κ3) is 6.70. The van der Waals surface area contributed by atoms with Crippen LogP contribution in [0.5, 0.6) is 0 Å². The summed E-state index contributed by atoms with van der Waals surface area (Å²) >= 11 is 12.1. The zero-order chi connectivity index (χ0) is 17.4. The average Bonchev–Trinajstić information content (AvgIpc) is 2.55. The second-order valence-electron chi connectivity index (χ2n) is 6.20. The van der Waals surface area contributed by atoms with E-state index in [9.17, 15) is 4.79 Å². The Morgan fingerprint density at radius 2 is 1.91 bits per heavy atom. The molecule has 1 fully saturated rings. The van der Waals surface area contributed by atoms with E-state index in [2.05, 4.69) is 6.92 Å². The summed E-state index contributed by atoms with van der Waals surface area (Å²) in [7, 11) is 0. The van der Waals surface area contributed by atoms with Crippen molar-refractivity contribution in [1.29, 1.82) is 0 Å². The number of carbonyl (C=O) groups is 1. The molecule has 5 heteroatoms. The highest BCUT2D eigenvalue weighted by Crippen LogP contribution is 2.37. The lowest BCUT2D eigenvalue weighted by Crippen LogP contribution is -2.11. The fourth-order valence-corrected chi connectivity index (χ4v) is 3.07. The highest BCUT2D eigenvalue weighted by atomic mass is 35.5. The molecule has 1 saturated carbocycles. The molecule has 0 aliphatic heterocycles. The molecule has 130 valence electrons. The van der Waals surface area contributed by atoms with Crippen molar-refractivity contribution in [3.05, 3.63) is 34.3 Å². The number of hydrogen-bond acceptors (Lipinski definition) is 2. The molecule has 1 aliphatic rings. The Morgan fingerprint density at radius 3 is 2.35 bits per heavy atom. The molecule has 0 bridgehead atoms. The molecule has 0 heterocycles. The molecular formula is C18H27Cl2NO2. The largest absolute Gasteiger partial charge is 0.480 e. The first-order chi connectivity index (χ1) is 10.9. The van der Waals surface area contributed by atoms with E-state index in [4.69, 9.17) is 34.0 Å². The summed E-state index contributed by atoms with van der Waals surface area (Å²) in [6.07, 6.45) is 7.21. The predicted octanol–water partition coefficient (Wildman–Crippen LogP) is 5.50. The van der Waals surface area contributed by atoms with Crippen molar-refractivity contribution in [3.8, 4) is 0 Å². The van der Waals surface area contributed by atoms with E-state index in [1.807, 2.05) is 13.0 Å². The van der Waals surface area contributed by atoms with Crippen molar-refractivity contribution in [2.75, 3.05) is 0 Å². The Labute approximate surface area is 149 Å². The maximum atomic E-state index is 10.8. The summed E-state index contributed by atoms with van der Waals surface area (Å²) in [5, 5.41) is 8.49. The van der Waals surface area contributed by atoms with E-state index < -0.39 is 11.3 Å². The van der Waals surface area contributed by atoms with Crippen LogP contribution in [0.2, 0.25) is 5.02 Å². The van der Waals surface area contributed by atoms with Crippen molar-refractivity contribution >= 4 is 29.2 Å². The molecule has 3 nitrogen and oxygen atoms in total. The standard InChI is InChI=1S/C14H16Cl2O2.C4H11N/c15-12-8-10(13(16)14(17)18)6-7-11(12)9-4-2-1-3-5-9;1-3-4(2)5/h6-9,13H,1-5H2,(H,17,18);4H,3,5H2,1-2H3. The van der Waals surface area contributed by atoms with Gasteiger partial charge in [-0.1, -0.05) is 49.9 Å². The Bertz CT molecular complexity index is 500. The van der Waals surface area contributed by atoms with Crippen molar-refractivity contribution < 1.29 is 9.90 Å². The Morgan fingerprint density at radius 1 is 1.35 bits per heavy atom. The number of alkyl halides is 1. The van der Waals surface area contributed by atoms with Gasteiger partial charge in [0.1, 0.15) is 0 Å². The van der Waals surface area contributed by atoms with Gasteiger partial charge in [0, 0.05) is 11.1 Å². The summed E-state index contributed by atoms with van der Waals surface area (Å²) in [5.41, 5.74) is 6.98. The van der Waals surface area contributed by atoms with Crippen LogP contribution in [0.4, 0.5) is 0 Å². The van der Waals surface area contributed by atoms with Crippen molar-refractivity contribution in [3.63, 3.8) is 0 Å². The predicted molar refractivity (Wildman–Crippen MR) is 97.4 cm³/mol. The number of benzene rings is 1. The molecule has 23 heavy (non-hydrogen) atoms. The van der Waals surface area contributed by atoms with Crippen LogP contribution < -0.4 is 5.73 Å². The molecule has 3 N–H and O–H groups in total. The molecule has 0 spiro atoms. The molecular weight excluding hydrogens is 333 g/mol. The lowest BCUT2D eigenvalue weighted by molar-refractivity contribution is -0.136. The van der Waals surface area contributed by atoms with Gasteiger partial charge in [-0.3, -0.25) is 4.79 Å². The van der Waals surface area contributed by atoms with E-state index in [-0.39, 0.29) is 0 Å². The number of carboxylic acid groups (broad SMARTS) is 1. The van der Waals surface area contributed by atoms with Crippen LogP contribution in [-0.2, 0) is 4.79 Å². The van der Waals surface area contributed by atoms with Gasteiger partial charge < -0.3 is 10.8 Å². The highest BCUT2D eigenvalue weighted by molar-refractivity contribution is 6.32. The summed E-state index contributed by atoms with van der Waals surface area (Å²) < 4.78 is 0. The average molecular weight is 360 g/mol. The molecule has 1 aliphatic carbocycles. The molecule has 1 aromatic rings. The second-order valence-corrected chi connectivity index (χ2v) is 7.05. The smallest absolute Gasteiger partial charge is 0.326 e. The normalized spacial score (nSPS) is 17.8. The fraction of sp³-hybridized carbons (Fsp3) is 0.611. The van der Waals surface area contributed by atoms with Crippen LogP contribution in [0, 0.1) is 0 Å². The lowest BCUT2D eigenvalue weighted by atomic mass is 9.84. The van der Waals surface area contributed by atoms with E-state index in [0.29, 0.717) is 22.5 Å². The van der Waals surface area contributed by atoms with Crippen LogP contribution >= 0.6 is 23.2 Å². The van der Waals surface area contributed by atoms with Gasteiger partial charge in [-0.05, 0) is 49.3 Å². The Balaban J connectivity index is 0.000000463. The van der Waals surface area contributed by atoms with Gasteiger partial charge in [0.05, 0.1) is 0 Å². The van der Waals surface area contributed by atoms with Crippen molar-refractivity contribution in [2.45, 2.75) is 69.7 Å². The second kappa shape index (κ2) is 10.2. The van der Waals surface area contributed by atoms with Crippen molar-refractivity contribution in [2.24, 2.45) is 5.73 Å². The monoisotopic (exact) mass is 359 g/mol. The maximum absolute atomic E-state index is 10.8. The maximum Gasteiger partial charge on any atom is 0.326 e. The van der Waals surface area contributed by atoms with Crippen LogP contribution in [0.15, 0.2) is 18.2 Å². The zero-order valence-corrected chi connectivity index (χ0v) is 15.4. The third-order valence-electron chi connectivity index (χ3n) is 4.22. The van der Waals surface area contributed by atoms with E-state index in [0.717, 1.165) is 12.0 Å². The number of halogens is 2. The van der Waals surface area contributed by atoms with Crippen molar-refractivity contribution in [1.82, 2.24) is 0 Å². The van der Waals surface area contributed by atoms with Gasteiger partial charge in [-0.25, -0.2) is 0 Å². The lowest BCUT2D eigenvalue weighted by Gasteiger charge is -2.23. The minimum absolute atomic E-state index is 0.384. The van der Waals surface area contributed by atoms with Gasteiger partial charge in [-0.2, -0.15) is 0 Å². The number of aliphatic carboxylic acids is 1. The molecule has 0 saturated heterocycles. The molecule has 1 aromatic carbocycles. The van der Waals surface area contributed by atoms with E-state index in [1.54, 1.807) is 12.1 Å². The van der Waals surface area contributed by atoms with Crippen LogP contribution in [0.25, 0.3) is 0 Å². The SMILES string of the molecule is CCC(C)N.O=C(O)C(Cl)c1ccc(C2CCCCC2)c(Cl)c1. The van der Waals surface area contributed by atoms with Gasteiger partial charge in [-0.15, -0.1) is 11.6 Å². The first-order valence-electron chi connectivity index (χ1n) is 8.28. The summed E-state index contributed by atoms with van der Waals surface area (Å²) in [6, 6.07) is 5.79. The fourth-order valence-electron chi connectivity index (χ4n) is 2.59. The minimum atomic E-state index is -1.04. The molecule has 2 unspecified atom stereocenters. The third-order valence-corrected chi connectivity index (χ3v) is 4.99. The summed E-state index contributed by atoms with van der Waals surface area (Å²) in [4.78, 5) is 10.8. The summed E-state index contributed by atoms with van der Waals surface area (Å²) in [5.74, 6) is -0.531. The quantitative estimate of drug-likeness (QED) is 0.697. The first kappa shape index (κ1) is 20.3. The van der Waals surface area contributed by atoms with Gasteiger partial charge >= 0.3 is 5.97 Å². The topological polar surface area (TPSA) is 63.3 Å². The van der Waals surface area contributed by atoms with E-state index >= 15 is 0 Å². The van der Waals surface area contributed by atoms with Crippen LogP contribution in [0.3, 0.4) is 0 Å². The van der Waals surface area contributed by atoms with E-state index in [1.165, 1.54) is 32.1 Å². The number of carboxylic acids is 1. The Kier molecular flexibility index (Phi) is 8.96. The van der Waals surface area contributed by atoms with Crippen LogP contribution in [0.1, 0.15) is 74.8 Å². The van der Waals surface area contributed by atoms with Gasteiger partial charge in [0.15, 0.2) is 5.38 Å². The van der Waals surface area contributed by atoms with Gasteiger partial charge in [0.25, 0.3) is 0 Å². The van der Waals surface area contributed by atoms with Gasteiger partial charge in [0.2, 0.25) is 0 Å². The first-order valence-corrected chi connectivity index (χ1v) is 9.10. The highest BCUT2D eigenvalue weighted by Gasteiger charge is 2.21. The molecule has 0 amide bonds. The number of hydrogen-bond donors (Lipinski definition) is 2. The minimum Gasteiger partial charge on any atom is -0.480 e. The molecule has 0 aromatic heterocycles. The number of rotatable bonds is 4. The summed E-state index contributed by atoms with van der Waals surface area (Å²) in [6.45, 7) is 4.07. The zero-order valence-electron chi connectivity index (χ0n) is 13.9. The molecule has 2 rings (SSSR count). The molecule has 0 radical (unpaired) electrons. The van der Waals surface area contributed by atoms with Crippen LogP contribution in [-0.4, -0.2) is 17.1 Å². The number of nitrogens with two attached hydrogens (primary N) is 1. The Hall–Kier alpha value is -0.770. The molecule has 2 atom stereocenters.